The molecule has 1 aromatic carbocycles. The summed E-state index contributed by atoms with van der Waals surface area (Å²) in [6.45, 7) is 4.09. The molecular formula is C14H20ClN3O2S. The first-order valence-corrected chi connectivity index (χ1v) is 7.43. The Balaban J connectivity index is 0.00000220. The molecule has 0 unspecified atom stereocenters. The van der Waals surface area contributed by atoms with E-state index >= 15 is 0 Å². The van der Waals surface area contributed by atoms with Crippen molar-refractivity contribution >= 4 is 41.7 Å². The minimum atomic E-state index is -0.463. The average molecular weight is 330 g/mol. The number of thioether (sulfide) groups is 1. The topological polar surface area (TPSA) is 75.4 Å². The third-order valence-electron chi connectivity index (χ3n) is 2.85. The molecule has 5 nitrogen and oxygen atoms in total. The molecule has 0 saturated carbocycles. The number of nitrogens with zero attached hydrogens (tertiary/aromatic N) is 1. The number of benzene rings is 1. The van der Waals surface area contributed by atoms with Gasteiger partial charge in [0.25, 0.3) is 0 Å². The van der Waals surface area contributed by atoms with Gasteiger partial charge in [-0.25, -0.2) is 0 Å². The van der Waals surface area contributed by atoms with Gasteiger partial charge in [-0.15, -0.1) is 24.2 Å². The molecule has 1 aliphatic heterocycles. The number of rotatable bonds is 4. The molecule has 0 radical (unpaired) electrons. The molecule has 1 aromatic rings. The van der Waals surface area contributed by atoms with Crippen LogP contribution in [0.1, 0.15) is 13.8 Å². The summed E-state index contributed by atoms with van der Waals surface area (Å²) in [5.41, 5.74) is 6.16. The Kier molecular flexibility index (Phi) is 6.07. The van der Waals surface area contributed by atoms with E-state index in [0.717, 1.165) is 10.6 Å². The second-order valence-corrected chi connectivity index (χ2v) is 6.52. The van der Waals surface area contributed by atoms with E-state index in [1.54, 1.807) is 0 Å². The van der Waals surface area contributed by atoms with Crippen molar-refractivity contribution in [2.75, 3.05) is 23.7 Å². The zero-order valence-electron chi connectivity index (χ0n) is 12.1. The van der Waals surface area contributed by atoms with Crippen LogP contribution < -0.4 is 16.0 Å². The molecule has 0 fully saturated rings. The van der Waals surface area contributed by atoms with Crippen molar-refractivity contribution in [3.8, 4) is 0 Å². The molecule has 0 atom stereocenters. The fourth-order valence-electron chi connectivity index (χ4n) is 1.85. The average Bonchev–Trinajstić information content (AvgIpc) is 2.39. The van der Waals surface area contributed by atoms with Crippen LogP contribution in [-0.4, -0.2) is 36.2 Å². The highest BCUT2D eigenvalue weighted by Crippen LogP contribution is 2.34. The number of nitrogens with two attached hydrogens (primary N) is 1. The first-order chi connectivity index (χ1) is 9.37. The summed E-state index contributed by atoms with van der Waals surface area (Å²) in [5.74, 6) is 0.126. The molecule has 0 aromatic heterocycles. The van der Waals surface area contributed by atoms with Crippen molar-refractivity contribution in [1.29, 1.82) is 0 Å². The van der Waals surface area contributed by atoms with Crippen molar-refractivity contribution in [3.05, 3.63) is 24.3 Å². The Morgan fingerprint density at radius 1 is 1.43 bits per heavy atom. The molecular weight excluding hydrogens is 310 g/mol. The summed E-state index contributed by atoms with van der Waals surface area (Å²) < 4.78 is 0. The Morgan fingerprint density at radius 2 is 2.10 bits per heavy atom. The van der Waals surface area contributed by atoms with E-state index in [9.17, 15) is 9.59 Å². The highest BCUT2D eigenvalue weighted by molar-refractivity contribution is 8.00. The lowest BCUT2D eigenvalue weighted by Gasteiger charge is -2.28. The van der Waals surface area contributed by atoms with Gasteiger partial charge in [0.15, 0.2) is 0 Å². The van der Waals surface area contributed by atoms with E-state index in [4.69, 9.17) is 5.73 Å². The van der Waals surface area contributed by atoms with Gasteiger partial charge in [0.05, 0.1) is 11.4 Å². The Bertz CT molecular complexity index is 531. The summed E-state index contributed by atoms with van der Waals surface area (Å²) in [5, 5.41) is 2.76. The van der Waals surface area contributed by atoms with E-state index in [1.807, 2.05) is 38.1 Å². The molecule has 0 spiro atoms. The van der Waals surface area contributed by atoms with Crippen molar-refractivity contribution in [2.24, 2.45) is 5.73 Å². The lowest BCUT2D eigenvalue weighted by atomic mass is 10.1. The quantitative estimate of drug-likeness (QED) is 0.875. The number of amides is 2. The molecule has 3 N–H and O–H groups in total. The van der Waals surface area contributed by atoms with Crippen LogP contribution in [-0.2, 0) is 9.59 Å². The molecule has 116 valence electrons. The molecule has 21 heavy (non-hydrogen) atoms. The largest absolute Gasteiger partial charge is 0.353 e. The lowest BCUT2D eigenvalue weighted by molar-refractivity contribution is -0.123. The van der Waals surface area contributed by atoms with E-state index in [-0.39, 0.29) is 30.8 Å². The first-order valence-electron chi connectivity index (χ1n) is 6.44. The monoisotopic (exact) mass is 329 g/mol. The number of anilines is 1. The minimum Gasteiger partial charge on any atom is -0.353 e. The Morgan fingerprint density at radius 3 is 2.76 bits per heavy atom. The number of hydrogen-bond donors (Lipinski definition) is 2. The standard InChI is InChI=1S/C14H19N3O2S.ClH/c1-14(2,15)9-16-12(18)7-17-10-5-3-4-6-11(10)20-8-13(17)19;/h3-6H,7-9,15H2,1-2H3,(H,16,18);1H. The predicted octanol–water partition coefficient (Wildman–Crippen LogP) is 1.40. The molecule has 1 heterocycles. The second-order valence-electron chi connectivity index (χ2n) is 5.50. The van der Waals surface area contributed by atoms with Crippen molar-refractivity contribution in [2.45, 2.75) is 24.3 Å². The van der Waals surface area contributed by atoms with Crippen LogP contribution in [0.5, 0.6) is 0 Å². The van der Waals surface area contributed by atoms with Crippen molar-refractivity contribution in [3.63, 3.8) is 0 Å². The fraction of sp³-hybridized carbons (Fsp3) is 0.429. The van der Waals surface area contributed by atoms with Crippen LogP contribution in [0.25, 0.3) is 0 Å². The normalized spacial score (nSPS) is 14.2. The molecule has 0 aliphatic carbocycles. The molecule has 1 aliphatic rings. The highest BCUT2D eigenvalue weighted by Gasteiger charge is 2.26. The lowest BCUT2D eigenvalue weighted by Crippen LogP contribution is -2.49. The maximum absolute atomic E-state index is 12.0. The Labute approximate surface area is 135 Å². The van der Waals surface area contributed by atoms with Crippen LogP contribution in [0, 0.1) is 0 Å². The molecule has 2 rings (SSSR count). The van der Waals surface area contributed by atoms with Crippen LogP contribution >= 0.6 is 24.2 Å². The smallest absolute Gasteiger partial charge is 0.240 e. The zero-order valence-corrected chi connectivity index (χ0v) is 13.7. The second kappa shape index (κ2) is 7.15. The highest BCUT2D eigenvalue weighted by atomic mass is 35.5. The minimum absolute atomic E-state index is 0. The van der Waals surface area contributed by atoms with Crippen LogP contribution in [0.2, 0.25) is 0 Å². The number of halogens is 1. The maximum Gasteiger partial charge on any atom is 0.240 e. The third-order valence-corrected chi connectivity index (χ3v) is 3.90. The van der Waals surface area contributed by atoms with Gasteiger partial charge < -0.3 is 16.0 Å². The van der Waals surface area contributed by atoms with E-state index < -0.39 is 5.54 Å². The third kappa shape index (κ3) is 4.91. The van der Waals surface area contributed by atoms with E-state index in [0.29, 0.717) is 12.3 Å². The van der Waals surface area contributed by atoms with Gasteiger partial charge in [-0.2, -0.15) is 0 Å². The number of carbonyl (C=O) groups excluding carboxylic acids is 2. The van der Waals surface area contributed by atoms with Gasteiger partial charge in [0, 0.05) is 17.0 Å². The number of fused-ring (bicyclic) bond motifs is 1. The number of carbonyl (C=O) groups is 2. The van der Waals surface area contributed by atoms with E-state index in [2.05, 4.69) is 5.32 Å². The van der Waals surface area contributed by atoms with Crippen LogP contribution in [0.4, 0.5) is 5.69 Å². The van der Waals surface area contributed by atoms with Gasteiger partial charge in [-0.05, 0) is 26.0 Å². The molecule has 0 saturated heterocycles. The number of nitrogens with one attached hydrogen (secondary N) is 1. The van der Waals surface area contributed by atoms with Gasteiger partial charge in [-0.1, -0.05) is 12.1 Å². The summed E-state index contributed by atoms with van der Waals surface area (Å²) in [6, 6.07) is 7.61. The molecule has 7 heteroatoms. The first kappa shape index (κ1) is 17.8. The summed E-state index contributed by atoms with van der Waals surface area (Å²) in [6.07, 6.45) is 0. The fourth-order valence-corrected chi connectivity index (χ4v) is 2.79. The number of hydrogen-bond acceptors (Lipinski definition) is 4. The van der Waals surface area contributed by atoms with E-state index in [1.165, 1.54) is 16.7 Å². The van der Waals surface area contributed by atoms with Gasteiger partial charge >= 0.3 is 0 Å². The molecule has 0 bridgehead atoms. The van der Waals surface area contributed by atoms with Crippen LogP contribution in [0.15, 0.2) is 29.2 Å². The predicted molar refractivity (Wildman–Crippen MR) is 88.0 cm³/mol. The van der Waals surface area contributed by atoms with Gasteiger partial charge in [0.1, 0.15) is 6.54 Å². The summed E-state index contributed by atoms with van der Waals surface area (Å²) in [4.78, 5) is 26.5. The van der Waals surface area contributed by atoms with Crippen LogP contribution in [0.3, 0.4) is 0 Å². The SMILES string of the molecule is CC(C)(N)CNC(=O)CN1C(=O)CSc2ccccc21.Cl. The van der Waals surface area contributed by atoms with Crippen molar-refractivity contribution in [1.82, 2.24) is 5.32 Å². The summed E-state index contributed by atoms with van der Waals surface area (Å²) in [7, 11) is 0. The van der Waals surface area contributed by atoms with Crippen molar-refractivity contribution < 1.29 is 9.59 Å². The zero-order chi connectivity index (χ0) is 14.8. The van der Waals surface area contributed by atoms with Gasteiger partial charge in [0.2, 0.25) is 11.8 Å². The number of para-hydroxylation sites is 1. The summed E-state index contributed by atoms with van der Waals surface area (Å²) >= 11 is 1.50. The maximum atomic E-state index is 12.0. The van der Waals surface area contributed by atoms with Gasteiger partial charge in [-0.3, -0.25) is 9.59 Å². The Hall–Kier alpha value is -1.24. The molecule has 2 amide bonds.